The summed E-state index contributed by atoms with van der Waals surface area (Å²) in [5, 5.41) is 7.08. The fourth-order valence-corrected chi connectivity index (χ4v) is 6.98. The lowest BCUT2D eigenvalue weighted by Gasteiger charge is -2.16. The van der Waals surface area contributed by atoms with E-state index >= 15 is 0 Å². The van der Waals surface area contributed by atoms with Crippen LogP contribution >= 0.6 is 0 Å². The van der Waals surface area contributed by atoms with Gasteiger partial charge in [0.1, 0.15) is 0 Å². The van der Waals surface area contributed by atoms with Gasteiger partial charge >= 0.3 is 0 Å². The van der Waals surface area contributed by atoms with Crippen LogP contribution in [0.5, 0.6) is 0 Å². The molecule has 2 nitrogen and oxygen atoms in total. The maximum Gasteiger partial charge on any atom is 0.0978 e. The average molecular weight is 585 g/mol. The Kier molecular flexibility index (Phi) is 6.17. The number of hydrogen-bond donors (Lipinski definition) is 0. The van der Waals surface area contributed by atoms with Gasteiger partial charge in [-0.3, -0.25) is 4.98 Å². The van der Waals surface area contributed by atoms with E-state index < -0.39 is 0 Å². The molecule has 0 aliphatic rings. The van der Waals surface area contributed by atoms with Crippen molar-refractivity contribution in [3.05, 3.63) is 170 Å². The van der Waals surface area contributed by atoms with Gasteiger partial charge in [-0.25, -0.2) is 4.98 Å². The van der Waals surface area contributed by atoms with Crippen molar-refractivity contribution in [2.24, 2.45) is 0 Å². The Hall–Kier alpha value is -6.12. The lowest BCUT2D eigenvalue weighted by atomic mass is 9.89. The molecule has 214 valence electrons. The molecule has 9 rings (SSSR count). The van der Waals surface area contributed by atoms with Crippen LogP contribution in [0, 0.1) is 0 Å². The van der Waals surface area contributed by atoms with Gasteiger partial charge in [0.05, 0.1) is 16.7 Å². The van der Waals surface area contributed by atoms with Crippen molar-refractivity contribution < 1.29 is 0 Å². The smallest absolute Gasteiger partial charge is 0.0978 e. The highest BCUT2D eigenvalue weighted by molar-refractivity contribution is 6.18. The van der Waals surface area contributed by atoms with Crippen molar-refractivity contribution in [2.45, 2.75) is 0 Å². The second-order valence-corrected chi connectivity index (χ2v) is 11.7. The average Bonchev–Trinajstić information content (AvgIpc) is 3.14. The Morgan fingerprint density at radius 1 is 0.304 bits per heavy atom. The summed E-state index contributed by atoms with van der Waals surface area (Å²) in [6, 6.07) is 58.3. The Balaban J connectivity index is 1.38. The van der Waals surface area contributed by atoms with Gasteiger partial charge < -0.3 is 0 Å². The van der Waals surface area contributed by atoms with Gasteiger partial charge in [-0.2, -0.15) is 0 Å². The molecule has 2 heteroatoms. The number of hydrogen-bond acceptors (Lipinski definition) is 2. The zero-order valence-corrected chi connectivity index (χ0v) is 25.1. The molecule has 0 N–H and O–H groups in total. The summed E-state index contributed by atoms with van der Waals surface area (Å²) in [6.45, 7) is 0. The topological polar surface area (TPSA) is 25.8 Å². The number of nitrogens with zero attached hydrogens (tertiary/aromatic N) is 2. The first kappa shape index (κ1) is 26.3. The van der Waals surface area contributed by atoms with Crippen LogP contribution in [0.15, 0.2) is 170 Å². The molecule has 7 aromatic carbocycles. The van der Waals surface area contributed by atoms with Crippen molar-refractivity contribution in [2.75, 3.05) is 0 Å². The second-order valence-electron chi connectivity index (χ2n) is 11.7. The van der Waals surface area contributed by atoms with E-state index in [0.29, 0.717) is 0 Å². The molecule has 9 aromatic rings. The van der Waals surface area contributed by atoms with E-state index in [4.69, 9.17) is 9.97 Å². The highest BCUT2D eigenvalue weighted by Gasteiger charge is 2.17. The van der Waals surface area contributed by atoms with Crippen LogP contribution in [0.1, 0.15) is 0 Å². The minimum atomic E-state index is 0.910. The summed E-state index contributed by atoms with van der Waals surface area (Å²) >= 11 is 0. The normalized spacial score (nSPS) is 11.5. The van der Waals surface area contributed by atoms with Crippen LogP contribution in [0.3, 0.4) is 0 Å². The molecular formula is C44H28N2. The third kappa shape index (κ3) is 4.27. The van der Waals surface area contributed by atoms with E-state index in [2.05, 4.69) is 164 Å². The first-order valence-electron chi connectivity index (χ1n) is 15.7. The SMILES string of the molecule is c1ccc(-c2cc3c(-c4cc(-c5ccccc5)c5ccc6c(-c7ccccc7)ccnc6c5n4)cccc3c3ccccc23)cc1. The summed E-state index contributed by atoms with van der Waals surface area (Å²) in [5.41, 5.74) is 10.9. The molecule has 0 saturated carbocycles. The first-order chi connectivity index (χ1) is 22.8. The summed E-state index contributed by atoms with van der Waals surface area (Å²) in [7, 11) is 0. The number of benzene rings is 7. The van der Waals surface area contributed by atoms with Crippen molar-refractivity contribution in [1.29, 1.82) is 0 Å². The molecule has 0 saturated heterocycles. The maximum atomic E-state index is 5.46. The molecule has 0 aliphatic carbocycles. The van der Waals surface area contributed by atoms with Crippen LogP contribution in [0.25, 0.3) is 88.0 Å². The van der Waals surface area contributed by atoms with Crippen molar-refractivity contribution in [3.8, 4) is 44.6 Å². The van der Waals surface area contributed by atoms with E-state index in [9.17, 15) is 0 Å². The Morgan fingerprint density at radius 3 is 1.50 bits per heavy atom. The molecule has 0 fully saturated rings. The molecular weight excluding hydrogens is 556 g/mol. The highest BCUT2D eigenvalue weighted by atomic mass is 14.8. The van der Waals surface area contributed by atoms with Gasteiger partial charge in [0, 0.05) is 22.5 Å². The predicted molar refractivity (Wildman–Crippen MR) is 194 cm³/mol. The molecule has 0 spiro atoms. The number of rotatable bonds is 4. The van der Waals surface area contributed by atoms with E-state index in [1.165, 1.54) is 38.2 Å². The fraction of sp³-hybridized carbons (Fsp3) is 0. The second kappa shape index (κ2) is 10.8. The number of fused-ring (bicyclic) bond motifs is 6. The molecule has 0 bridgehead atoms. The van der Waals surface area contributed by atoms with Crippen LogP contribution < -0.4 is 0 Å². The maximum absolute atomic E-state index is 5.46. The Morgan fingerprint density at radius 2 is 0.826 bits per heavy atom. The van der Waals surface area contributed by atoms with Gasteiger partial charge in [0.25, 0.3) is 0 Å². The molecule has 0 radical (unpaired) electrons. The third-order valence-electron chi connectivity index (χ3n) is 9.12. The predicted octanol–water partition coefficient (Wildman–Crippen LogP) is 11.8. The molecule has 46 heavy (non-hydrogen) atoms. The molecule has 0 atom stereocenters. The van der Waals surface area contributed by atoms with Crippen LogP contribution in [0.4, 0.5) is 0 Å². The lowest BCUT2D eigenvalue weighted by molar-refractivity contribution is 1.37. The molecule has 2 heterocycles. The zero-order chi connectivity index (χ0) is 30.5. The zero-order valence-electron chi connectivity index (χ0n) is 25.1. The van der Waals surface area contributed by atoms with E-state index in [0.717, 1.165) is 49.8 Å². The minimum Gasteiger partial charge on any atom is -0.254 e. The summed E-state index contributed by atoms with van der Waals surface area (Å²) in [5.74, 6) is 0. The van der Waals surface area contributed by atoms with Crippen molar-refractivity contribution >= 4 is 43.4 Å². The first-order valence-corrected chi connectivity index (χ1v) is 15.7. The minimum absolute atomic E-state index is 0.910. The number of aromatic nitrogens is 2. The van der Waals surface area contributed by atoms with E-state index in [-0.39, 0.29) is 0 Å². The van der Waals surface area contributed by atoms with E-state index in [1.807, 2.05) is 6.20 Å². The van der Waals surface area contributed by atoms with Gasteiger partial charge in [-0.05, 0) is 73.1 Å². The Bertz CT molecular complexity index is 2560. The van der Waals surface area contributed by atoms with Crippen LogP contribution in [0.2, 0.25) is 0 Å². The van der Waals surface area contributed by atoms with Gasteiger partial charge in [-0.1, -0.05) is 146 Å². The molecule has 2 aromatic heterocycles. The monoisotopic (exact) mass is 584 g/mol. The lowest BCUT2D eigenvalue weighted by Crippen LogP contribution is -1.94. The largest absolute Gasteiger partial charge is 0.254 e. The van der Waals surface area contributed by atoms with Crippen molar-refractivity contribution in [3.63, 3.8) is 0 Å². The number of pyridine rings is 2. The highest BCUT2D eigenvalue weighted by Crippen LogP contribution is 2.42. The van der Waals surface area contributed by atoms with Gasteiger partial charge in [-0.15, -0.1) is 0 Å². The molecule has 0 amide bonds. The summed E-state index contributed by atoms with van der Waals surface area (Å²) < 4.78 is 0. The fourth-order valence-electron chi connectivity index (χ4n) is 6.98. The molecule has 0 unspecified atom stereocenters. The quantitative estimate of drug-likeness (QED) is 0.192. The van der Waals surface area contributed by atoms with Crippen LogP contribution in [-0.4, -0.2) is 9.97 Å². The molecule has 0 aliphatic heterocycles. The van der Waals surface area contributed by atoms with Gasteiger partial charge in [0.15, 0.2) is 0 Å². The van der Waals surface area contributed by atoms with Crippen LogP contribution in [-0.2, 0) is 0 Å². The van der Waals surface area contributed by atoms with Gasteiger partial charge in [0.2, 0.25) is 0 Å². The van der Waals surface area contributed by atoms with Crippen molar-refractivity contribution in [1.82, 2.24) is 9.97 Å². The third-order valence-corrected chi connectivity index (χ3v) is 9.12. The summed E-state index contributed by atoms with van der Waals surface area (Å²) in [4.78, 5) is 10.4. The van der Waals surface area contributed by atoms with E-state index in [1.54, 1.807) is 0 Å². The summed E-state index contributed by atoms with van der Waals surface area (Å²) in [6.07, 6.45) is 1.91. The standard InChI is InChI=1S/C44H28N2/c1-4-13-29(14-5-1)32-25-26-45-43-37(32)23-24-38-40(31-17-8-3-9-18-31)28-42(46-44(38)43)36-22-12-21-35-33-19-10-11-20-34(33)39(27-41(35)36)30-15-6-2-7-16-30/h1-28H. The Labute approximate surface area is 267 Å².